The van der Waals surface area contributed by atoms with Crippen LogP contribution < -0.4 is 4.90 Å². The fraction of sp³-hybridized carbons (Fsp3) is 0.391. The lowest BCUT2D eigenvalue weighted by Gasteiger charge is -2.33. The van der Waals surface area contributed by atoms with Crippen molar-refractivity contribution in [1.82, 2.24) is 9.88 Å². The maximum atomic E-state index is 13.1. The van der Waals surface area contributed by atoms with Gasteiger partial charge in [0.05, 0.1) is 36.1 Å². The van der Waals surface area contributed by atoms with Gasteiger partial charge in [0.25, 0.3) is 0 Å². The van der Waals surface area contributed by atoms with E-state index < -0.39 is 17.9 Å². The Balaban J connectivity index is 1.80. The number of nitrogens with zero attached hydrogens (tertiary/aromatic N) is 4. The van der Waals surface area contributed by atoms with Gasteiger partial charge in [0.2, 0.25) is 0 Å². The van der Waals surface area contributed by atoms with E-state index in [-0.39, 0.29) is 42.4 Å². The molecule has 0 bridgehead atoms. The fourth-order valence-corrected chi connectivity index (χ4v) is 3.71. The largest absolute Gasteiger partial charge is 0.433 e. The molecule has 1 fully saturated rings. The number of pyridine rings is 1. The summed E-state index contributed by atoms with van der Waals surface area (Å²) < 4.78 is 38.5. The minimum atomic E-state index is -4.57. The number of rotatable bonds is 5. The van der Waals surface area contributed by atoms with Crippen molar-refractivity contribution in [3.05, 3.63) is 59.4 Å². The molecule has 3 rings (SSSR count). The number of anilines is 1. The Labute approximate surface area is 184 Å². The van der Waals surface area contributed by atoms with E-state index in [1.54, 1.807) is 24.3 Å². The molecule has 0 radical (unpaired) electrons. The molecule has 0 spiro atoms. The molecule has 0 saturated carbocycles. The van der Waals surface area contributed by atoms with Crippen molar-refractivity contribution >= 4 is 17.5 Å². The number of hydrogen-bond acceptors (Lipinski definition) is 4. The van der Waals surface area contributed by atoms with Crippen LogP contribution in [0.4, 0.5) is 23.7 Å². The summed E-state index contributed by atoms with van der Waals surface area (Å²) in [5.74, 6) is -0.199. The van der Waals surface area contributed by atoms with E-state index in [4.69, 9.17) is 5.26 Å². The third kappa shape index (κ3) is 5.07. The predicted octanol–water partition coefficient (Wildman–Crippen LogP) is 4.44. The molecule has 9 heteroatoms. The van der Waals surface area contributed by atoms with Crippen LogP contribution in [0.3, 0.4) is 0 Å². The fourth-order valence-electron chi connectivity index (χ4n) is 3.71. The Morgan fingerprint density at radius 3 is 2.50 bits per heavy atom. The zero-order chi connectivity index (χ0) is 23.7. The lowest BCUT2D eigenvalue weighted by Crippen LogP contribution is -2.45. The number of alkyl halides is 3. The molecule has 1 atom stereocenters. The molecule has 1 aromatic carbocycles. The van der Waals surface area contributed by atoms with E-state index in [2.05, 4.69) is 4.98 Å². The van der Waals surface area contributed by atoms with E-state index in [1.165, 1.54) is 15.9 Å². The normalized spacial score (nSPS) is 16.9. The van der Waals surface area contributed by atoms with Gasteiger partial charge >= 0.3 is 12.2 Å². The summed E-state index contributed by atoms with van der Waals surface area (Å²) in [6.45, 7) is 5.91. The van der Waals surface area contributed by atoms with Crippen molar-refractivity contribution in [2.24, 2.45) is 5.41 Å². The zero-order valence-electron chi connectivity index (χ0n) is 18.0. The van der Waals surface area contributed by atoms with E-state index in [1.807, 2.05) is 26.8 Å². The van der Waals surface area contributed by atoms with E-state index in [0.29, 0.717) is 11.1 Å². The molecule has 2 heterocycles. The Morgan fingerprint density at radius 1 is 1.22 bits per heavy atom. The Morgan fingerprint density at radius 2 is 1.94 bits per heavy atom. The minimum absolute atomic E-state index is 0.0675. The molecule has 32 heavy (non-hydrogen) atoms. The summed E-state index contributed by atoms with van der Waals surface area (Å²) >= 11 is 0. The number of nitriles is 1. The number of hydrogen-bond donors (Lipinski definition) is 0. The van der Waals surface area contributed by atoms with E-state index >= 15 is 0 Å². The third-order valence-corrected chi connectivity index (χ3v) is 5.36. The number of halogens is 3. The highest BCUT2D eigenvalue weighted by Crippen LogP contribution is 2.34. The van der Waals surface area contributed by atoms with Gasteiger partial charge in [-0.3, -0.25) is 9.69 Å². The van der Waals surface area contributed by atoms with E-state index in [9.17, 15) is 22.8 Å². The quantitative estimate of drug-likeness (QED) is 0.683. The van der Waals surface area contributed by atoms with Crippen LogP contribution in [-0.2, 0) is 17.4 Å². The second-order valence-corrected chi connectivity index (χ2v) is 8.83. The molecule has 168 valence electrons. The number of ketones is 1. The molecule has 0 aliphatic carbocycles. The molecule has 6 nitrogen and oxygen atoms in total. The predicted molar refractivity (Wildman–Crippen MR) is 112 cm³/mol. The van der Waals surface area contributed by atoms with Crippen molar-refractivity contribution in [3.63, 3.8) is 0 Å². The number of amides is 2. The maximum Gasteiger partial charge on any atom is 0.433 e. The van der Waals surface area contributed by atoms with Gasteiger partial charge in [-0.1, -0.05) is 32.9 Å². The van der Waals surface area contributed by atoms with Crippen molar-refractivity contribution in [2.45, 2.75) is 39.4 Å². The summed E-state index contributed by atoms with van der Waals surface area (Å²) in [5, 5.41) is 9.02. The minimum Gasteiger partial charge on any atom is -0.312 e. The summed E-state index contributed by atoms with van der Waals surface area (Å²) in [5.41, 5.74) is -0.0381. The van der Waals surface area contributed by atoms with Gasteiger partial charge in [-0.05, 0) is 35.2 Å². The number of Topliss-reactive ketones (excluding diaryl/α,β-unsaturated/α-hetero) is 1. The lowest BCUT2D eigenvalue weighted by molar-refractivity contribution is -0.141. The molecule has 0 unspecified atom stereocenters. The van der Waals surface area contributed by atoms with Crippen molar-refractivity contribution in [2.75, 3.05) is 18.0 Å². The summed E-state index contributed by atoms with van der Waals surface area (Å²) in [6.07, 6.45) is -3.47. The molecule has 2 amide bonds. The Bertz CT molecular complexity index is 1050. The third-order valence-electron chi connectivity index (χ3n) is 5.36. The standard InChI is InChI=1S/C23H23F3N4O2/c1-22(2,3)20-14-29(17-7-8-19(28-12-17)23(24,25)26)21(32)30(20)13-18(31)10-15-5-4-6-16(9-15)11-27/h4-9,12,20H,10,13-14H2,1-3H3/t20-/m1/s1. The summed E-state index contributed by atoms with van der Waals surface area (Å²) in [6, 6.07) is 10.0. The van der Waals surface area contributed by atoms with Gasteiger partial charge in [0.15, 0.2) is 5.78 Å². The average Bonchev–Trinajstić information content (AvgIpc) is 3.04. The second kappa shape index (κ2) is 8.61. The molecule has 1 aromatic heterocycles. The molecule has 1 aliphatic heterocycles. The van der Waals surface area contributed by atoms with Gasteiger partial charge in [-0.25, -0.2) is 9.78 Å². The number of benzene rings is 1. The number of carbonyl (C=O) groups is 2. The van der Waals surface area contributed by atoms with Crippen LogP contribution in [0, 0.1) is 16.7 Å². The van der Waals surface area contributed by atoms with Crippen molar-refractivity contribution in [1.29, 1.82) is 5.26 Å². The van der Waals surface area contributed by atoms with Crippen molar-refractivity contribution < 1.29 is 22.8 Å². The maximum absolute atomic E-state index is 13.1. The van der Waals surface area contributed by atoms with Crippen LogP contribution in [0.5, 0.6) is 0 Å². The first kappa shape index (κ1) is 23.3. The summed E-state index contributed by atoms with van der Waals surface area (Å²) in [4.78, 5) is 32.2. The van der Waals surface area contributed by atoms with Crippen LogP contribution in [0.25, 0.3) is 0 Å². The lowest BCUT2D eigenvalue weighted by atomic mass is 9.86. The molecule has 1 aliphatic rings. The first-order valence-corrected chi connectivity index (χ1v) is 10.0. The molecular weight excluding hydrogens is 421 g/mol. The molecule has 1 saturated heterocycles. The van der Waals surface area contributed by atoms with Crippen LogP contribution in [-0.4, -0.2) is 40.8 Å². The van der Waals surface area contributed by atoms with Gasteiger partial charge in [-0.15, -0.1) is 0 Å². The molecule has 2 aromatic rings. The smallest absolute Gasteiger partial charge is 0.312 e. The Kier molecular flexibility index (Phi) is 6.26. The number of aromatic nitrogens is 1. The van der Waals surface area contributed by atoms with Crippen LogP contribution >= 0.6 is 0 Å². The Hall–Kier alpha value is -3.41. The van der Waals surface area contributed by atoms with Gasteiger partial charge < -0.3 is 4.90 Å². The average molecular weight is 444 g/mol. The van der Waals surface area contributed by atoms with Gasteiger partial charge in [0, 0.05) is 13.0 Å². The SMILES string of the molecule is CC(C)(C)[C@H]1CN(c2ccc(C(F)(F)F)nc2)C(=O)N1CC(=O)Cc1cccc(C#N)c1. The van der Waals surface area contributed by atoms with E-state index in [0.717, 1.165) is 12.3 Å². The highest BCUT2D eigenvalue weighted by atomic mass is 19.4. The molecule has 0 N–H and O–H groups in total. The van der Waals surface area contributed by atoms with Crippen LogP contribution in [0.1, 0.15) is 37.6 Å². The topological polar surface area (TPSA) is 77.3 Å². The second-order valence-electron chi connectivity index (χ2n) is 8.83. The highest BCUT2D eigenvalue weighted by Gasteiger charge is 2.44. The monoisotopic (exact) mass is 444 g/mol. The van der Waals surface area contributed by atoms with Gasteiger partial charge in [0.1, 0.15) is 5.69 Å². The molecular formula is C23H23F3N4O2. The first-order valence-electron chi connectivity index (χ1n) is 10.0. The number of carbonyl (C=O) groups excluding carboxylic acids is 2. The van der Waals surface area contributed by atoms with Crippen LogP contribution in [0.15, 0.2) is 42.6 Å². The zero-order valence-corrected chi connectivity index (χ0v) is 18.0. The van der Waals surface area contributed by atoms with Crippen molar-refractivity contribution in [3.8, 4) is 6.07 Å². The summed E-state index contributed by atoms with van der Waals surface area (Å²) in [7, 11) is 0. The van der Waals surface area contributed by atoms with Gasteiger partial charge in [-0.2, -0.15) is 18.4 Å². The highest BCUT2D eigenvalue weighted by molar-refractivity contribution is 5.97. The first-order chi connectivity index (χ1) is 14.9. The number of urea groups is 1. The van der Waals surface area contributed by atoms with Crippen LogP contribution in [0.2, 0.25) is 0 Å².